The van der Waals surface area contributed by atoms with Gasteiger partial charge in [0.15, 0.2) is 5.82 Å². The van der Waals surface area contributed by atoms with Crippen molar-refractivity contribution in [1.82, 2.24) is 20.0 Å². The normalized spacial score (nSPS) is 11.1. The van der Waals surface area contributed by atoms with E-state index in [1.807, 2.05) is 42.5 Å². The van der Waals surface area contributed by atoms with Gasteiger partial charge in [0, 0.05) is 19.0 Å². The Bertz CT molecular complexity index is 1230. The van der Waals surface area contributed by atoms with Crippen molar-refractivity contribution >= 4 is 16.9 Å². The van der Waals surface area contributed by atoms with Crippen LogP contribution >= 0.6 is 0 Å². The number of carbonyl (C=O) groups is 1. The summed E-state index contributed by atoms with van der Waals surface area (Å²) in [5.74, 6) is -1.39. The molecular formula is C24H22F2N4O2. The molecule has 0 atom stereocenters. The van der Waals surface area contributed by atoms with Gasteiger partial charge >= 0.3 is 0 Å². The molecule has 0 spiro atoms. The Morgan fingerprint density at radius 3 is 2.53 bits per heavy atom. The fourth-order valence-corrected chi connectivity index (χ4v) is 3.73. The lowest BCUT2D eigenvalue weighted by Crippen LogP contribution is -2.19. The van der Waals surface area contributed by atoms with Crippen LogP contribution < -0.4 is 5.48 Å². The molecule has 0 fully saturated rings. The highest BCUT2D eigenvalue weighted by Gasteiger charge is 2.21. The number of aryl methyl sites for hydroxylation is 3. The molecule has 164 valence electrons. The third-order valence-corrected chi connectivity index (χ3v) is 5.34. The summed E-state index contributed by atoms with van der Waals surface area (Å²) in [6.45, 7) is 0.254. The largest absolute Gasteiger partial charge is 0.319 e. The summed E-state index contributed by atoms with van der Waals surface area (Å²) < 4.78 is 32.1. The fourth-order valence-electron chi connectivity index (χ4n) is 3.73. The van der Waals surface area contributed by atoms with Crippen molar-refractivity contribution < 1.29 is 18.8 Å². The maximum Gasteiger partial charge on any atom is 0.243 e. The molecule has 4 rings (SSSR count). The molecule has 1 amide bonds. The average molecular weight is 436 g/mol. The minimum absolute atomic E-state index is 0.0377. The Hall–Kier alpha value is -3.65. The van der Waals surface area contributed by atoms with Gasteiger partial charge in [-0.1, -0.05) is 36.4 Å². The SMILES string of the molecule is O=C(CCc1cc(F)c2c(nc(CCc3ccccc3)n2Cc2ccccn2)c1F)NO. The minimum Gasteiger partial charge on any atom is -0.319 e. The number of aromatic nitrogens is 3. The number of hydroxylamine groups is 1. The molecular weight excluding hydrogens is 414 g/mol. The predicted octanol–water partition coefficient (Wildman–Crippen LogP) is 3.98. The minimum atomic E-state index is -0.672. The molecule has 0 bridgehead atoms. The number of halogens is 2. The van der Waals surface area contributed by atoms with Gasteiger partial charge in [0.25, 0.3) is 0 Å². The van der Waals surface area contributed by atoms with Crippen molar-refractivity contribution in [2.45, 2.75) is 32.2 Å². The van der Waals surface area contributed by atoms with Crippen molar-refractivity contribution in [2.75, 3.05) is 0 Å². The summed E-state index contributed by atoms with van der Waals surface area (Å²) in [5.41, 5.74) is 3.35. The first-order valence-electron chi connectivity index (χ1n) is 10.3. The summed E-state index contributed by atoms with van der Waals surface area (Å²) in [4.78, 5) is 20.1. The summed E-state index contributed by atoms with van der Waals surface area (Å²) >= 11 is 0. The number of imidazole rings is 1. The fraction of sp³-hybridized carbons (Fsp3) is 0.208. The third-order valence-electron chi connectivity index (χ3n) is 5.34. The number of rotatable bonds is 8. The van der Waals surface area contributed by atoms with Crippen LogP contribution in [-0.2, 0) is 30.6 Å². The zero-order chi connectivity index (χ0) is 22.5. The van der Waals surface area contributed by atoms with E-state index in [9.17, 15) is 4.79 Å². The van der Waals surface area contributed by atoms with Crippen LogP contribution in [0.3, 0.4) is 0 Å². The molecule has 0 aliphatic carbocycles. The van der Waals surface area contributed by atoms with Crippen LogP contribution in [0.4, 0.5) is 8.78 Å². The van der Waals surface area contributed by atoms with Crippen molar-refractivity contribution in [3.05, 3.63) is 95.1 Å². The number of hydrogen-bond acceptors (Lipinski definition) is 4. The number of nitrogens with zero attached hydrogens (tertiary/aromatic N) is 3. The van der Waals surface area contributed by atoms with Gasteiger partial charge in [0.1, 0.15) is 22.7 Å². The Labute approximate surface area is 183 Å². The lowest BCUT2D eigenvalue weighted by atomic mass is 10.1. The maximum atomic E-state index is 15.2. The van der Waals surface area contributed by atoms with Gasteiger partial charge in [-0.3, -0.25) is 15.0 Å². The molecule has 2 aromatic carbocycles. The van der Waals surface area contributed by atoms with Crippen molar-refractivity contribution in [3.63, 3.8) is 0 Å². The molecule has 0 saturated carbocycles. The van der Waals surface area contributed by atoms with E-state index < -0.39 is 17.5 Å². The van der Waals surface area contributed by atoms with Crippen molar-refractivity contribution in [2.24, 2.45) is 0 Å². The smallest absolute Gasteiger partial charge is 0.243 e. The lowest BCUT2D eigenvalue weighted by Gasteiger charge is -2.10. The van der Waals surface area contributed by atoms with Gasteiger partial charge in [-0.15, -0.1) is 0 Å². The quantitative estimate of drug-likeness (QED) is 0.323. The Balaban J connectivity index is 1.75. The topological polar surface area (TPSA) is 80.0 Å². The Morgan fingerprint density at radius 2 is 1.81 bits per heavy atom. The van der Waals surface area contributed by atoms with Crippen LogP contribution in [0.1, 0.15) is 29.1 Å². The van der Waals surface area contributed by atoms with E-state index in [0.29, 0.717) is 24.4 Å². The number of nitrogens with one attached hydrogen (secondary N) is 1. The molecule has 4 aromatic rings. The van der Waals surface area contributed by atoms with Crippen LogP contribution in [0.15, 0.2) is 60.8 Å². The van der Waals surface area contributed by atoms with Crippen molar-refractivity contribution in [1.29, 1.82) is 0 Å². The number of pyridine rings is 1. The number of carbonyl (C=O) groups excluding carboxylic acids is 1. The summed E-state index contributed by atoms with van der Waals surface area (Å²) in [6, 6.07) is 16.4. The van der Waals surface area contributed by atoms with E-state index in [4.69, 9.17) is 5.21 Å². The molecule has 0 saturated heterocycles. The molecule has 0 aliphatic rings. The second-order valence-electron chi connectivity index (χ2n) is 7.48. The predicted molar refractivity (Wildman–Crippen MR) is 115 cm³/mol. The molecule has 2 heterocycles. The highest BCUT2D eigenvalue weighted by molar-refractivity contribution is 5.79. The van der Waals surface area contributed by atoms with Crippen LogP contribution in [0.25, 0.3) is 11.0 Å². The zero-order valence-electron chi connectivity index (χ0n) is 17.3. The number of fused-ring (bicyclic) bond motifs is 1. The highest BCUT2D eigenvalue weighted by atomic mass is 19.1. The van der Waals surface area contributed by atoms with Gasteiger partial charge in [0.05, 0.1) is 12.2 Å². The summed E-state index contributed by atoms with van der Waals surface area (Å²) in [6.07, 6.45) is 2.58. The summed E-state index contributed by atoms with van der Waals surface area (Å²) in [7, 11) is 0. The molecule has 6 nitrogen and oxygen atoms in total. The lowest BCUT2D eigenvalue weighted by molar-refractivity contribution is -0.129. The second-order valence-corrected chi connectivity index (χ2v) is 7.48. The molecule has 0 radical (unpaired) electrons. The second kappa shape index (κ2) is 9.65. The molecule has 8 heteroatoms. The van der Waals surface area contributed by atoms with Crippen LogP contribution in [0.5, 0.6) is 0 Å². The van der Waals surface area contributed by atoms with E-state index >= 15 is 8.78 Å². The first kappa shape index (κ1) is 21.6. The van der Waals surface area contributed by atoms with Crippen LogP contribution in [0, 0.1) is 11.6 Å². The molecule has 2 aromatic heterocycles. The van der Waals surface area contributed by atoms with E-state index in [0.717, 1.165) is 11.6 Å². The number of amides is 1. The van der Waals surface area contributed by atoms with E-state index in [-0.39, 0.29) is 36.0 Å². The first-order chi connectivity index (χ1) is 15.6. The summed E-state index contributed by atoms with van der Waals surface area (Å²) in [5, 5.41) is 8.65. The molecule has 0 aliphatic heterocycles. The van der Waals surface area contributed by atoms with Gasteiger partial charge in [0.2, 0.25) is 5.91 Å². The van der Waals surface area contributed by atoms with Gasteiger partial charge in [-0.05, 0) is 42.2 Å². The highest BCUT2D eigenvalue weighted by Crippen LogP contribution is 2.27. The van der Waals surface area contributed by atoms with Gasteiger partial charge in [-0.25, -0.2) is 19.2 Å². The maximum absolute atomic E-state index is 15.2. The Morgan fingerprint density at radius 1 is 1.03 bits per heavy atom. The van der Waals surface area contributed by atoms with E-state index in [1.165, 1.54) is 5.48 Å². The third kappa shape index (κ3) is 4.65. The first-order valence-corrected chi connectivity index (χ1v) is 10.3. The van der Waals surface area contributed by atoms with Crippen LogP contribution in [0.2, 0.25) is 0 Å². The van der Waals surface area contributed by atoms with E-state index in [2.05, 4.69) is 9.97 Å². The van der Waals surface area contributed by atoms with Crippen LogP contribution in [-0.4, -0.2) is 25.6 Å². The molecule has 0 unspecified atom stereocenters. The van der Waals surface area contributed by atoms with Gasteiger partial charge < -0.3 is 4.57 Å². The Kier molecular flexibility index (Phi) is 6.51. The zero-order valence-corrected chi connectivity index (χ0v) is 17.3. The van der Waals surface area contributed by atoms with Crippen molar-refractivity contribution in [3.8, 4) is 0 Å². The number of benzene rings is 2. The van der Waals surface area contributed by atoms with Gasteiger partial charge in [-0.2, -0.15) is 0 Å². The standard InChI is InChI=1S/C24H22F2N4O2/c25-19-14-17(10-12-21(31)29-32)22(26)23-24(19)30(15-18-8-4-5-13-27-18)20(28-23)11-9-16-6-2-1-3-7-16/h1-8,13-14,32H,9-12,15H2,(H,29,31). The monoisotopic (exact) mass is 436 g/mol. The average Bonchev–Trinajstić information content (AvgIpc) is 3.19. The van der Waals surface area contributed by atoms with E-state index in [1.54, 1.807) is 16.8 Å². The molecule has 2 N–H and O–H groups in total. The number of hydrogen-bond donors (Lipinski definition) is 2. The molecule has 32 heavy (non-hydrogen) atoms.